The number of hydrogen-bond acceptors (Lipinski definition) is 3. The standard InChI is InChI=1S/C19H13F2NO4/c20-15-6-5-11(10-16(15)21)9-14-12-3-1-2-4-13(12)18(25)22(19(14)26)8-7-17(23)24/h1-6,9-10H,7-8H2,(H,23,24)/b14-9-. The zero-order chi connectivity index (χ0) is 18.8. The Hall–Kier alpha value is -3.35. The van der Waals surface area contributed by atoms with Crippen LogP contribution in [0.15, 0.2) is 42.5 Å². The average molecular weight is 357 g/mol. The topological polar surface area (TPSA) is 74.7 Å². The lowest BCUT2D eigenvalue weighted by molar-refractivity contribution is -0.137. The SMILES string of the molecule is O=C(O)CCN1C(=O)/C(=C\c2ccc(F)c(F)c2)c2ccccc2C1=O. The van der Waals surface area contributed by atoms with Crippen molar-refractivity contribution < 1.29 is 28.3 Å². The Morgan fingerprint density at radius 2 is 1.69 bits per heavy atom. The summed E-state index contributed by atoms with van der Waals surface area (Å²) in [5.41, 5.74) is 0.955. The number of nitrogens with zero attached hydrogens (tertiary/aromatic N) is 1. The first kappa shape index (κ1) is 17.5. The lowest BCUT2D eigenvalue weighted by atomic mass is 9.92. The molecule has 3 rings (SSSR count). The molecule has 0 spiro atoms. The number of hydrogen-bond donors (Lipinski definition) is 1. The summed E-state index contributed by atoms with van der Waals surface area (Å²) in [6, 6.07) is 9.55. The lowest BCUT2D eigenvalue weighted by Crippen LogP contribution is -2.42. The molecule has 0 radical (unpaired) electrons. The lowest BCUT2D eigenvalue weighted by Gasteiger charge is -2.28. The Morgan fingerprint density at radius 3 is 2.35 bits per heavy atom. The van der Waals surface area contributed by atoms with Crippen LogP contribution in [-0.2, 0) is 9.59 Å². The van der Waals surface area contributed by atoms with Gasteiger partial charge >= 0.3 is 5.97 Å². The molecule has 2 aromatic carbocycles. The van der Waals surface area contributed by atoms with Crippen molar-refractivity contribution in [3.05, 3.63) is 70.8 Å². The van der Waals surface area contributed by atoms with Crippen molar-refractivity contribution >= 4 is 29.4 Å². The van der Waals surface area contributed by atoms with E-state index in [9.17, 15) is 23.2 Å². The summed E-state index contributed by atoms with van der Waals surface area (Å²) in [4.78, 5) is 36.9. The molecular formula is C19H13F2NO4. The fourth-order valence-electron chi connectivity index (χ4n) is 2.72. The van der Waals surface area contributed by atoms with Crippen LogP contribution in [0.5, 0.6) is 0 Å². The third-order valence-corrected chi connectivity index (χ3v) is 3.97. The van der Waals surface area contributed by atoms with Gasteiger partial charge in [0, 0.05) is 17.7 Å². The van der Waals surface area contributed by atoms with Crippen molar-refractivity contribution in [2.24, 2.45) is 0 Å². The molecule has 0 aliphatic carbocycles. The van der Waals surface area contributed by atoms with E-state index >= 15 is 0 Å². The summed E-state index contributed by atoms with van der Waals surface area (Å²) in [5.74, 6) is -4.49. The molecule has 5 nitrogen and oxygen atoms in total. The summed E-state index contributed by atoms with van der Waals surface area (Å²) >= 11 is 0. The van der Waals surface area contributed by atoms with Crippen LogP contribution in [0.3, 0.4) is 0 Å². The monoisotopic (exact) mass is 357 g/mol. The number of amides is 2. The highest BCUT2D eigenvalue weighted by Crippen LogP contribution is 2.30. The molecule has 0 fully saturated rings. The van der Waals surface area contributed by atoms with Crippen LogP contribution in [0.4, 0.5) is 8.78 Å². The number of rotatable bonds is 4. The van der Waals surface area contributed by atoms with Crippen LogP contribution in [0, 0.1) is 11.6 Å². The number of carboxylic acid groups (broad SMARTS) is 1. The molecule has 7 heteroatoms. The highest BCUT2D eigenvalue weighted by Gasteiger charge is 2.34. The molecular weight excluding hydrogens is 344 g/mol. The van der Waals surface area contributed by atoms with Gasteiger partial charge in [0.2, 0.25) is 0 Å². The maximum atomic E-state index is 13.5. The highest BCUT2D eigenvalue weighted by atomic mass is 19.2. The van der Waals surface area contributed by atoms with E-state index in [0.29, 0.717) is 5.56 Å². The molecule has 0 bridgehead atoms. The predicted octanol–water partition coefficient (Wildman–Crippen LogP) is 2.96. The first-order chi connectivity index (χ1) is 12.4. The number of imide groups is 1. The van der Waals surface area contributed by atoms with Gasteiger partial charge in [-0.05, 0) is 35.4 Å². The van der Waals surface area contributed by atoms with Crippen molar-refractivity contribution in [2.45, 2.75) is 6.42 Å². The highest BCUT2D eigenvalue weighted by molar-refractivity contribution is 6.33. The second-order valence-electron chi connectivity index (χ2n) is 5.68. The minimum atomic E-state index is -1.14. The predicted molar refractivity (Wildman–Crippen MR) is 89.0 cm³/mol. The summed E-state index contributed by atoms with van der Waals surface area (Å²) in [5, 5.41) is 8.83. The quantitative estimate of drug-likeness (QED) is 0.674. The number of aliphatic carboxylic acids is 1. The Balaban J connectivity index is 2.09. The van der Waals surface area contributed by atoms with Gasteiger partial charge in [0.25, 0.3) is 11.8 Å². The second kappa shape index (κ2) is 6.87. The first-order valence-corrected chi connectivity index (χ1v) is 7.72. The van der Waals surface area contributed by atoms with Crippen LogP contribution in [0.1, 0.15) is 27.9 Å². The van der Waals surface area contributed by atoms with Crippen LogP contribution < -0.4 is 0 Å². The van der Waals surface area contributed by atoms with Crippen molar-refractivity contribution in [1.82, 2.24) is 4.90 Å². The smallest absolute Gasteiger partial charge is 0.305 e. The fourth-order valence-corrected chi connectivity index (χ4v) is 2.72. The van der Waals surface area contributed by atoms with Gasteiger partial charge < -0.3 is 5.11 Å². The Kier molecular flexibility index (Phi) is 4.62. The summed E-state index contributed by atoms with van der Waals surface area (Å²) in [6.45, 7) is -0.281. The van der Waals surface area contributed by atoms with E-state index in [4.69, 9.17) is 5.11 Å². The Labute approximate surface area is 147 Å². The normalized spacial score (nSPS) is 15.3. The van der Waals surface area contributed by atoms with Crippen LogP contribution in [0.2, 0.25) is 0 Å². The molecule has 0 atom stereocenters. The van der Waals surface area contributed by atoms with E-state index < -0.39 is 35.8 Å². The molecule has 2 amide bonds. The number of carboxylic acids is 1. The van der Waals surface area contributed by atoms with Crippen LogP contribution in [-0.4, -0.2) is 34.3 Å². The maximum absolute atomic E-state index is 13.5. The molecule has 1 heterocycles. The van der Waals surface area contributed by atoms with Gasteiger partial charge in [-0.3, -0.25) is 19.3 Å². The minimum absolute atomic E-state index is 0.108. The Morgan fingerprint density at radius 1 is 1.00 bits per heavy atom. The van der Waals surface area contributed by atoms with Gasteiger partial charge in [-0.2, -0.15) is 0 Å². The van der Waals surface area contributed by atoms with E-state index in [1.54, 1.807) is 18.2 Å². The van der Waals surface area contributed by atoms with Crippen LogP contribution in [0.25, 0.3) is 11.6 Å². The number of carbonyl (C=O) groups excluding carboxylic acids is 2. The third-order valence-electron chi connectivity index (χ3n) is 3.97. The van der Waals surface area contributed by atoms with Gasteiger partial charge in [0.15, 0.2) is 11.6 Å². The maximum Gasteiger partial charge on any atom is 0.305 e. The second-order valence-corrected chi connectivity index (χ2v) is 5.68. The molecule has 26 heavy (non-hydrogen) atoms. The zero-order valence-corrected chi connectivity index (χ0v) is 13.4. The van der Waals surface area contributed by atoms with E-state index in [1.165, 1.54) is 18.2 Å². The molecule has 0 saturated heterocycles. The van der Waals surface area contributed by atoms with Gasteiger partial charge in [0.1, 0.15) is 0 Å². The van der Waals surface area contributed by atoms with Gasteiger partial charge in [-0.25, -0.2) is 8.78 Å². The molecule has 1 aliphatic heterocycles. The summed E-state index contributed by atoms with van der Waals surface area (Å²) < 4.78 is 26.6. The Bertz CT molecular complexity index is 952. The van der Waals surface area contributed by atoms with E-state index in [-0.39, 0.29) is 23.2 Å². The number of carbonyl (C=O) groups is 3. The third kappa shape index (κ3) is 3.23. The summed E-state index contributed by atoms with van der Waals surface area (Å²) in [7, 11) is 0. The molecule has 1 aliphatic rings. The van der Waals surface area contributed by atoms with Crippen LogP contribution >= 0.6 is 0 Å². The number of halogens is 2. The summed E-state index contributed by atoms with van der Waals surface area (Å²) in [6.07, 6.45) is 0.960. The zero-order valence-electron chi connectivity index (χ0n) is 13.4. The first-order valence-electron chi connectivity index (χ1n) is 7.72. The van der Waals surface area contributed by atoms with Crippen molar-refractivity contribution in [3.8, 4) is 0 Å². The van der Waals surface area contributed by atoms with E-state index in [2.05, 4.69) is 0 Å². The fraction of sp³-hybridized carbons (Fsp3) is 0.105. The molecule has 0 aromatic heterocycles. The molecule has 2 aromatic rings. The van der Waals surface area contributed by atoms with Crippen molar-refractivity contribution in [2.75, 3.05) is 6.54 Å². The van der Waals surface area contributed by atoms with Gasteiger partial charge in [-0.15, -0.1) is 0 Å². The van der Waals surface area contributed by atoms with Crippen molar-refractivity contribution in [1.29, 1.82) is 0 Å². The van der Waals surface area contributed by atoms with Crippen molar-refractivity contribution in [3.63, 3.8) is 0 Å². The molecule has 0 unspecified atom stereocenters. The average Bonchev–Trinajstić information content (AvgIpc) is 2.61. The molecule has 0 saturated carbocycles. The number of benzene rings is 2. The van der Waals surface area contributed by atoms with E-state index in [1.807, 2.05) is 0 Å². The minimum Gasteiger partial charge on any atom is -0.481 e. The molecule has 1 N–H and O–H groups in total. The van der Waals surface area contributed by atoms with Gasteiger partial charge in [-0.1, -0.05) is 24.3 Å². The van der Waals surface area contributed by atoms with E-state index in [0.717, 1.165) is 17.0 Å². The number of fused-ring (bicyclic) bond motifs is 1. The van der Waals surface area contributed by atoms with Gasteiger partial charge in [0.05, 0.1) is 6.42 Å². The largest absolute Gasteiger partial charge is 0.481 e. The molecule has 132 valence electrons.